The Kier molecular flexibility index (Phi) is 4.10. The average Bonchev–Trinajstić information content (AvgIpc) is 3.17. The van der Waals surface area contributed by atoms with Gasteiger partial charge in [0.05, 0.1) is 15.2 Å². The maximum absolute atomic E-state index is 12.3. The van der Waals surface area contributed by atoms with Crippen LogP contribution in [0, 0.1) is 6.92 Å². The molecule has 4 aromatic rings. The van der Waals surface area contributed by atoms with Crippen molar-refractivity contribution >= 4 is 33.1 Å². The first-order chi connectivity index (χ1) is 12.6. The molecule has 0 saturated heterocycles. The van der Waals surface area contributed by atoms with Crippen molar-refractivity contribution in [1.82, 2.24) is 14.8 Å². The summed E-state index contributed by atoms with van der Waals surface area (Å²) >= 11 is 1.59. The second kappa shape index (κ2) is 6.57. The summed E-state index contributed by atoms with van der Waals surface area (Å²) in [5.41, 5.74) is 2.12. The van der Waals surface area contributed by atoms with Gasteiger partial charge in [0.1, 0.15) is 6.54 Å². The van der Waals surface area contributed by atoms with Crippen molar-refractivity contribution in [2.75, 3.05) is 5.32 Å². The lowest BCUT2D eigenvalue weighted by Gasteiger charge is -2.04. The van der Waals surface area contributed by atoms with E-state index in [4.69, 9.17) is 4.42 Å². The molecule has 0 atom stereocenters. The molecule has 8 heteroatoms. The van der Waals surface area contributed by atoms with Crippen LogP contribution in [0.2, 0.25) is 0 Å². The van der Waals surface area contributed by atoms with Gasteiger partial charge in [0, 0.05) is 11.3 Å². The molecule has 0 aliphatic carbocycles. The molecule has 0 saturated carbocycles. The van der Waals surface area contributed by atoms with Gasteiger partial charge in [0.25, 0.3) is 0 Å². The van der Waals surface area contributed by atoms with Gasteiger partial charge in [-0.2, -0.15) is 4.68 Å². The number of thiazole rings is 1. The number of hydrogen-bond donors (Lipinski definition) is 1. The lowest BCUT2D eigenvalue weighted by atomic mass is 10.2. The Labute approximate surface area is 151 Å². The molecule has 0 unspecified atom stereocenters. The topological polar surface area (TPSA) is 90.0 Å². The molecule has 2 aromatic carbocycles. The number of fused-ring (bicyclic) bond motifs is 1. The molecule has 0 aliphatic rings. The van der Waals surface area contributed by atoms with Crippen LogP contribution in [0.1, 0.15) is 5.01 Å². The zero-order chi connectivity index (χ0) is 18.1. The molecule has 1 N–H and O–H groups in total. The zero-order valence-electron chi connectivity index (χ0n) is 13.8. The van der Waals surface area contributed by atoms with Gasteiger partial charge in [0.15, 0.2) is 0 Å². The number of carbonyl (C=O) groups excluding carboxylic acids is 1. The third-order valence-corrected chi connectivity index (χ3v) is 4.65. The van der Waals surface area contributed by atoms with Gasteiger partial charge in [-0.1, -0.05) is 18.2 Å². The summed E-state index contributed by atoms with van der Waals surface area (Å²) < 4.78 is 7.18. The van der Waals surface area contributed by atoms with E-state index in [1.165, 1.54) is 0 Å². The highest BCUT2D eigenvalue weighted by Gasteiger charge is 2.13. The number of benzene rings is 2. The van der Waals surface area contributed by atoms with Crippen LogP contribution in [0.3, 0.4) is 0 Å². The van der Waals surface area contributed by atoms with E-state index in [0.29, 0.717) is 11.3 Å². The summed E-state index contributed by atoms with van der Waals surface area (Å²) in [5, 5.41) is 7.80. The van der Waals surface area contributed by atoms with E-state index in [2.05, 4.69) is 15.4 Å². The molecule has 0 fully saturated rings. The predicted molar refractivity (Wildman–Crippen MR) is 99.2 cm³/mol. The van der Waals surface area contributed by atoms with Gasteiger partial charge in [-0.05, 0) is 37.3 Å². The summed E-state index contributed by atoms with van der Waals surface area (Å²) in [4.78, 5) is 28.6. The average molecular weight is 366 g/mol. The number of amides is 1. The second-order valence-corrected chi connectivity index (χ2v) is 6.90. The molecule has 0 bridgehead atoms. The third kappa shape index (κ3) is 3.27. The smallest absolute Gasteiger partial charge is 0.388 e. The van der Waals surface area contributed by atoms with Crippen molar-refractivity contribution in [1.29, 1.82) is 0 Å². The molecule has 0 radical (unpaired) electrons. The van der Waals surface area contributed by atoms with Crippen LogP contribution < -0.4 is 11.1 Å². The molecule has 0 spiro atoms. The number of carbonyl (C=O) groups is 1. The number of aryl methyl sites for hydroxylation is 1. The van der Waals surface area contributed by atoms with E-state index >= 15 is 0 Å². The number of nitrogens with zero attached hydrogens (tertiary/aromatic N) is 3. The Bertz CT molecular complexity index is 1140. The van der Waals surface area contributed by atoms with E-state index in [0.717, 1.165) is 19.9 Å². The van der Waals surface area contributed by atoms with Crippen LogP contribution in [0.5, 0.6) is 0 Å². The van der Waals surface area contributed by atoms with Gasteiger partial charge >= 0.3 is 5.76 Å². The van der Waals surface area contributed by atoms with Crippen molar-refractivity contribution in [3.8, 4) is 11.5 Å². The monoisotopic (exact) mass is 366 g/mol. The number of nitrogens with one attached hydrogen (secondary N) is 1. The van der Waals surface area contributed by atoms with Crippen molar-refractivity contribution in [3.05, 3.63) is 64.1 Å². The number of rotatable bonds is 4. The first-order valence-electron chi connectivity index (χ1n) is 7.89. The van der Waals surface area contributed by atoms with Crippen molar-refractivity contribution in [3.63, 3.8) is 0 Å². The van der Waals surface area contributed by atoms with Crippen molar-refractivity contribution < 1.29 is 9.21 Å². The minimum Gasteiger partial charge on any atom is -0.388 e. The molecule has 26 heavy (non-hydrogen) atoms. The van der Waals surface area contributed by atoms with E-state index in [-0.39, 0.29) is 18.3 Å². The highest BCUT2D eigenvalue weighted by Crippen LogP contribution is 2.24. The fraction of sp³-hybridized carbons (Fsp3) is 0.111. The normalized spacial score (nSPS) is 11.0. The Balaban J connectivity index is 1.51. The molecule has 130 valence electrons. The maximum atomic E-state index is 12.3. The molecule has 0 aliphatic heterocycles. The first-order valence-corrected chi connectivity index (χ1v) is 8.70. The fourth-order valence-corrected chi connectivity index (χ4v) is 3.37. The highest BCUT2D eigenvalue weighted by atomic mass is 32.1. The molecule has 2 aromatic heterocycles. The lowest BCUT2D eigenvalue weighted by Crippen LogP contribution is -2.25. The zero-order valence-corrected chi connectivity index (χ0v) is 14.6. The van der Waals surface area contributed by atoms with Crippen molar-refractivity contribution in [2.45, 2.75) is 13.5 Å². The predicted octanol–water partition coefficient (Wildman–Crippen LogP) is 3.06. The van der Waals surface area contributed by atoms with Crippen LogP contribution in [-0.4, -0.2) is 20.7 Å². The first kappa shape index (κ1) is 16.2. The molecule has 7 nitrogen and oxygen atoms in total. The molecular weight excluding hydrogens is 352 g/mol. The van der Waals surface area contributed by atoms with Gasteiger partial charge in [-0.3, -0.25) is 4.79 Å². The fourth-order valence-electron chi connectivity index (χ4n) is 2.56. The summed E-state index contributed by atoms with van der Waals surface area (Å²) in [6.45, 7) is 1.70. The van der Waals surface area contributed by atoms with E-state index in [1.54, 1.807) is 35.6 Å². The molecule has 2 heterocycles. The third-order valence-electron chi connectivity index (χ3n) is 3.70. The van der Waals surface area contributed by atoms with Crippen LogP contribution in [0.25, 0.3) is 21.7 Å². The van der Waals surface area contributed by atoms with Crippen LogP contribution in [-0.2, 0) is 11.3 Å². The van der Waals surface area contributed by atoms with E-state index in [9.17, 15) is 9.59 Å². The Morgan fingerprint density at radius 3 is 2.85 bits per heavy atom. The number of anilines is 1. The quantitative estimate of drug-likeness (QED) is 0.599. The largest absolute Gasteiger partial charge is 0.437 e. The van der Waals surface area contributed by atoms with Gasteiger partial charge < -0.3 is 9.73 Å². The molecule has 4 rings (SSSR count). The summed E-state index contributed by atoms with van der Waals surface area (Å²) in [6, 6.07) is 14.6. The standard InChI is InChI=1S/C18H14N4O3S/c1-11-19-14-9-13(7-8-15(14)26-11)20-16(23)10-22-18(24)25-17(21-22)12-5-3-2-4-6-12/h2-9H,10H2,1H3,(H,20,23). The van der Waals surface area contributed by atoms with Gasteiger partial charge in [-0.15, -0.1) is 16.4 Å². The van der Waals surface area contributed by atoms with Crippen molar-refractivity contribution in [2.24, 2.45) is 0 Å². The SMILES string of the molecule is Cc1nc2cc(NC(=O)Cn3nc(-c4ccccc4)oc3=O)ccc2s1. The summed E-state index contributed by atoms with van der Waals surface area (Å²) in [5.74, 6) is -0.862. The minimum absolute atomic E-state index is 0.183. The summed E-state index contributed by atoms with van der Waals surface area (Å²) in [7, 11) is 0. The Morgan fingerprint density at radius 2 is 2.04 bits per heavy atom. The van der Waals surface area contributed by atoms with E-state index < -0.39 is 5.76 Å². The second-order valence-electron chi connectivity index (χ2n) is 5.66. The van der Waals surface area contributed by atoms with Gasteiger partial charge in [0.2, 0.25) is 11.8 Å². The van der Waals surface area contributed by atoms with Crippen LogP contribution >= 0.6 is 11.3 Å². The maximum Gasteiger partial charge on any atom is 0.437 e. The Hall–Kier alpha value is -3.26. The molecular formula is C18H14N4O3S. The lowest BCUT2D eigenvalue weighted by molar-refractivity contribution is -0.117. The van der Waals surface area contributed by atoms with Crippen LogP contribution in [0.4, 0.5) is 5.69 Å². The minimum atomic E-state index is -0.676. The molecule has 1 amide bonds. The number of hydrogen-bond acceptors (Lipinski definition) is 6. The Morgan fingerprint density at radius 1 is 1.23 bits per heavy atom. The van der Waals surface area contributed by atoms with Gasteiger partial charge in [-0.25, -0.2) is 9.78 Å². The number of aromatic nitrogens is 3. The summed E-state index contributed by atoms with van der Waals surface area (Å²) in [6.07, 6.45) is 0. The highest BCUT2D eigenvalue weighted by molar-refractivity contribution is 7.18. The van der Waals surface area contributed by atoms with Crippen LogP contribution in [0.15, 0.2) is 57.7 Å². The van der Waals surface area contributed by atoms with E-state index in [1.807, 2.05) is 31.2 Å².